The second-order valence-corrected chi connectivity index (χ2v) is 7.69. The molecule has 0 unspecified atom stereocenters. The Hall–Kier alpha value is -0.780. The highest BCUT2D eigenvalue weighted by molar-refractivity contribution is 5.02. The van der Waals surface area contributed by atoms with E-state index in [1.165, 1.54) is 32.7 Å². The molecule has 1 saturated heterocycles. The molecule has 23 heavy (non-hydrogen) atoms. The molecule has 1 heterocycles. The fraction of sp³-hybridized carbons (Fsp3) is 0.889. The number of ether oxygens (including phenoxy) is 1. The minimum absolute atomic E-state index is 0.327. The summed E-state index contributed by atoms with van der Waals surface area (Å²) in [6.07, 6.45) is 2.36. The second-order valence-electron chi connectivity index (χ2n) is 7.69. The maximum absolute atomic E-state index is 9.69. The second kappa shape index (κ2) is 8.90. The zero-order chi connectivity index (χ0) is 16.8. The summed E-state index contributed by atoms with van der Waals surface area (Å²) in [5, 5.41) is 12.8. The van der Waals surface area contributed by atoms with Gasteiger partial charge in [0, 0.05) is 45.3 Å². The fourth-order valence-corrected chi connectivity index (χ4v) is 3.22. The molecule has 0 spiro atoms. The predicted molar refractivity (Wildman–Crippen MR) is 94.6 cm³/mol. The number of nitrogens with one attached hydrogen (secondary N) is 1. The van der Waals surface area contributed by atoms with Gasteiger partial charge in [-0.1, -0.05) is 13.8 Å². The molecule has 2 aliphatic rings. The standard InChI is InChI=1S/C18H35N3O2/c1-14(2)13-21-7-5-20(6-8-21)9-10-23-17-11-16(12-17)19-18(22)15(3)4/h14,16-17,19,22H,5-13H2,1-4H3. The van der Waals surface area contributed by atoms with Crippen LogP contribution in [-0.2, 0) is 4.74 Å². The van der Waals surface area contributed by atoms with Crippen molar-refractivity contribution < 1.29 is 9.84 Å². The van der Waals surface area contributed by atoms with Crippen LogP contribution < -0.4 is 5.32 Å². The van der Waals surface area contributed by atoms with E-state index in [1.807, 2.05) is 13.8 Å². The zero-order valence-corrected chi connectivity index (χ0v) is 15.3. The number of rotatable bonds is 8. The third-order valence-corrected chi connectivity index (χ3v) is 4.76. The highest BCUT2D eigenvalue weighted by atomic mass is 16.5. The van der Waals surface area contributed by atoms with E-state index in [0.29, 0.717) is 18.0 Å². The SMILES string of the molecule is CC(C)=C(O)NC1CC(OCCN2CCN(CC(C)C)CC2)C1. The van der Waals surface area contributed by atoms with Crippen LogP contribution >= 0.6 is 0 Å². The number of nitrogens with zero attached hydrogens (tertiary/aromatic N) is 2. The monoisotopic (exact) mass is 325 g/mol. The molecule has 2 fully saturated rings. The normalized spacial score (nSPS) is 26.1. The molecule has 1 aliphatic heterocycles. The van der Waals surface area contributed by atoms with Crippen LogP contribution in [0.2, 0.25) is 0 Å². The highest BCUT2D eigenvalue weighted by Gasteiger charge is 2.30. The molecule has 1 saturated carbocycles. The van der Waals surface area contributed by atoms with Crippen molar-refractivity contribution >= 4 is 0 Å². The van der Waals surface area contributed by atoms with Crippen LogP contribution in [0, 0.1) is 5.92 Å². The number of allylic oxidation sites excluding steroid dienone is 1. The topological polar surface area (TPSA) is 48.0 Å². The van der Waals surface area contributed by atoms with Crippen molar-refractivity contribution in [3.05, 3.63) is 11.5 Å². The molecule has 2 N–H and O–H groups in total. The minimum Gasteiger partial charge on any atom is -0.495 e. The Kier molecular flexibility index (Phi) is 7.18. The highest BCUT2D eigenvalue weighted by Crippen LogP contribution is 2.24. The summed E-state index contributed by atoms with van der Waals surface area (Å²) in [7, 11) is 0. The minimum atomic E-state index is 0.327. The van der Waals surface area contributed by atoms with Crippen LogP contribution in [0.1, 0.15) is 40.5 Å². The van der Waals surface area contributed by atoms with E-state index in [1.54, 1.807) is 0 Å². The molecular weight excluding hydrogens is 290 g/mol. The van der Waals surface area contributed by atoms with Crippen LogP contribution in [-0.4, -0.2) is 72.9 Å². The summed E-state index contributed by atoms with van der Waals surface area (Å²) >= 11 is 0. The van der Waals surface area contributed by atoms with Gasteiger partial charge in [0.05, 0.1) is 12.7 Å². The molecule has 0 radical (unpaired) electrons. The van der Waals surface area contributed by atoms with Crippen LogP contribution in [0.4, 0.5) is 0 Å². The van der Waals surface area contributed by atoms with Crippen molar-refractivity contribution in [2.45, 2.75) is 52.7 Å². The van der Waals surface area contributed by atoms with E-state index in [9.17, 15) is 5.11 Å². The van der Waals surface area contributed by atoms with Gasteiger partial charge in [-0.25, -0.2) is 0 Å². The molecule has 5 nitrogen and oxygen atoms in total. The maximum atomic E-state index is 9.69. The summed E-state index contributed by atoms with van der Waals surface area (Å²) in [5.41, 5.74) is 0.936. The number of aliphatic hydroxyl groups excluding tert-OH is 1. The zero-order valence-electron chi connectivity index (χ0n) is 15.3. The average Bonchev–Trinajstić information content (AvgIpc) is 2.45. The van der Waals surface area contributed by atoms with Gasteiger partial charge in [0.15, 0.2) is 5.88 Å². The molecule has 0 aromatic carbocycles. The summed E-state index contributed by atoms with van der Waals surface area (Å²) in [5.74, 6) is 1.09. The van der Waals surface area contributed by atoms with Crippen LogP contribution in [0.5, 0.6) is 0 Å². The first kappa shape index (κ1) is 18.6. The average molecular weight is 325 g/mol. The van der Waals surface area contributed by atoms with Crippen molar-refractivity contribution in [1.82, 2.24) is 15.1 Å². The third kappa shape index (κ3) is 6.32. The van der Waals surface area contributed by atoms with Crippen LogP contribution in [0.25, 0.3) is 0 Å². The molecule has 0 aromatic rings. The van der Waals surface area contributed by atoms with Gasteiger partial charge < -0.3 is 20.1 Å². The van der Waals surface area contributed by atoms with Crippen molar-refractivity contribution in [1.29, 1.82) is 0 Å². The van der Waals surface area contributed by atoms with E-state index >= 15 is 0 Å². The fourth-order valence-electron chi connectivity index (χ4n) is 3.22. The molecule has 2 rings (SSSR count). The Labute approximate surface area is 141 Å². The number of hydrogen-bond donors (Lipinski definition) is 2. The first-order valence-corrected chi connectivity index (χ1v) is 9.13. The van der Waals surface area contributed by atoms with Gasteiger partial charge in [-0.15, -0.1) is 0 Å². The molecule has 0 atom stereocenters. The Morgan fingerprint density at radius 1 is 1.13 bits per heavy atom. The van der Waals surface area contributed by atoms with Gasteiger partial charge in [0.1, 0.15) is 0 Å². The summed E-state index contributed by atoms with van der Waals surface area (Å²) in [6.45, 7) is 16.2. The molecule has 1 aliphatic carbocycles. The van der Waals surface area contributed by atoms with Gasteiger partial charge in [0.25, 0.3) is 0 Å². The Bertz CT molecular complexity index is 380. The molecule has 5 heteroatoms. The van der Waals surface area contributed by atoms with Crippen LogP contribution in [0.3, 0.4) is 0 Å². The third-order valence-electron chi connectivity index (χ3n) is 4.76. The molecule has 134 valence electrons. The smallest absolute Gasteiger partial charge is 0.182 e. The summed E-state index contributed by atoms with van der Waals surface area (Å²) < 4.78 is 5.95. The molecular formula is C18H35N3O2. The lowest BCUT2D eigenvalue weighted by atomic mass is 9.89. The largest absolute Gasteiger partial charge is 0.495 e. The van der Waals surface area contributed by atoms with E-state index in [2.05, 4.69) is 29.0 Å². The van der Waals surface area contributed by atoms with Gasteiger partial charge in [0.2, 0.25) is 0 Å². The van der Waals surface area contributed by atoms with Crippen molar-refractivity contribution in [3.8, 4) is 0 Å². The molecule has 0 aromatic heterocycles. The van der Waals surface area contributed by atoms with Crippen LogP contribution in [0.15, 0.2) is 11.5 Å². The van der Waals surface area contributed by atoms with Crippen molar-refractivity contribution in [2.24, 2.45) is 5.92 Å². The van der Waals surface area contributed by atoms with E-state index < -0.39 is 0 Å². The first-order valence-electron chi connectivity index (χ1n) is 9.13. The predicted octanol–water partition coefficient (Wildman–Crippen LogP) is 2.21. The summed E-state index contributed by atoms with van der Waals surface area (Å²) in [6, 6.07) is 0.370. The number of aliphatic hydroxyl groups is 1. The van der Waals surface area contributed by atoms with E-state index in [4.69, 9.17) is 4.74 Å². The maximum Gasteiger partial charge on any atom is 0.182 e. The lowest BCUT2D eigenvalue weighted by Gasteiger charge is -2.38. The summed E-state index contributed by atoms with van der Waals surface area (Å²) in [4.78, 5) is 5.08. The Morgan fingerprint density at radius 3 is 2.30 bits per heavy atom. The van der Waals surface area contributed by atoms with E-state index in [-0.39, 0.29) is 0 Å². The first-order chi connectivity index (χ1) is 10.9. The van der Waals surface area contributed by atoms with Gasteiger partial charge in [-0.05, 0) is 38.2 Å². The van der Waals surface area contributed by atoms with Crippen molar-refractivity contribution in [2.75, 3.05) is 45.9 Å². The van der Waals surface area contributed by atoms with Gasteiger partial charge in [-0.3, -0.25) is 4.90 Å². The van der Waals surface area contributed by atoms with Gasteiger partial charge in [-0.2, -0.15) is 0 Å². The van der Waals surface area contributed by atoms with Gasteiger partial charge >= 0.3 is 0 Å². The number of piperazine rings is 1. The lowest BCUT2D eigenvalue weighted by molar-refractivity contribution is -0.0283. The molecule has 0 amide bonds. The van der Waals surface area contributed by atoms with Crippen molar-refractivity contribution in [3.63, 3.8) is 0 Å². The van der Waals surface area contributed by atoms with E-state index in [0.717, 1.165) is 37.5 Å². The number of hydrogen-bond acceptors (Lipinski definition) is 5. The quantitative estimate of drug-likeness (QED) is 0.670. The Balaban J connectivity index is 1.50. The lowest BCUT2D eigenvalue weighted by Crippen LogP contribution is -2.49. The Morgan fingerprint density at radius 2 is 1.74 bits per heavy atom. The molecule has 0 bridgehead atoms.